The Balaban J connectivity index is 1.59. The molecule has 1 unspecified atom stereocenters. The minimum Gasteiger partial charge on any atom is -0.355 e. The molecule has 2 fully saturated rings. The zero-order valence-electron chi connectivity index (χ0n) is 10.9. The third-order valence-corrected chi connectivity index (χ3v) is 4.59. The summed E-state index contributed by atoms with van der Waals surface area (Å²) >= 11 is 5.92. The lowest BCUT2D eigenvalue weighted by Gasteiger charge is -2.18. The van der Waals surface area contributed by atoms with Crippen molar-refractivity contribution in [3.05, 3.63) is 34.9 Å². The summed E-state index contributed by atoms with van der Waals surface area (Å²) in [5.41, 5.74) is 1.45. The number of nitrogens with one attached hydrogen (secondary N) is 2. The van der Waals surface area contributed by atoms with Crippen LogP contribution < -0.4 is 10.6 Å². The van der Waals surface area contributed by atoms with Gasteiger partial charge in [-0.15, -0.1) is 0 Å². The van der Waals surface area contributed by atoms with E-state index in [1.165, 1.54) is 5.56 Å². The molecular weight excluding hydrogens is 260 g/mol. The molecule has 1 aliphatic heterocycles. The molecule has 4 heteroatoms. The van der Waals surface area contributed by atoms with Crippen LogP contribution in [0.3, 0.4) is 0 Å². The van der Waals surface area contributed by atoms with Crippen molar-refractivity contribution in [2.24, 2.45) is 5.92 Å². The Hall–Kier alpha value is -1.06. The predicted molar refractivity (Wildman–Crippen MR) is 76.4 cm³/mol. The fraction of sp³-hybridized carbons (Fsp3) is 0.533. The normalized spacial score (nSPS) is 24.2. The highest BCUT2D eigenvalue weighted by molar-refractivity contribution is 6.30. The van der Waals surface area contributed by atoms with Gasteiger partial charge in [0.25, 0.3) is 0 Å². The molecule has 1 atom stereocenters. The van der Waals surface area contributed by atoms with Crippen molar-refractivity contribution in [1.82, 2.24) is 10.6 Å². The minimum atomic E-state index is 0.154. The van der Waals surface area contributed by atoms with Crippen LogP contribution in [-0.2, 0) is 10.2 Å². The summed E-state index contributed by atoms with van der Waals surface area (Å²) in [7, 11) is 0. The Bertz CT molecular complexity index is 462. The van der Waals surface area contributed by atoms with E-state index < -0.39 is 0 Å². The number of hydrogen-bond acceptors (Lipinski definition) is 2. The van der Waals surface area contributed by atoms with Crippen LogP contribution in [0.15, 0.2) is 24.3 Å². The second kappa shape index (κ2) is 5.14. The first-order chi connectivity index (χ1) is 9.20. The summed E-state index contributed by atoms with van der Waals surface area (Å²) in [6.07, 6.45) is 3.26. The molecule has 3 rings (SSSR count). The Kier molecular flexibility index (Phi) is 3.50. The van der Waals surface area contributed by atoms with Crippen molar-refractivity contribution < 1.29 is 4.79 Å². The van der Waals surface area contributed by atoms with E-state index in [9.17, 15) is 4.79 Å². The second-order valence-electron chi connectivity index (χ2n) is 5.69. The van der Waals surface area contributed by atoms with Gasteiger partial charge in [0.1, 0.15) is 0 Å². The number of amides is 1. The third-order valence-electron chi connectivity index (χ3n) is 4.34. The smallest absolute Gasteiger partial charge is 0.224 e. The van der Waals surface area contributed by atoms with Gasteiger partial charge in [-0.3, -0.25) is 4.79 Å². The summed E-state index contributed by atoms with van der Waals surface area (Å²) in [5, 5.41) is 7.12. The van der Waals surface area contributed by atoms with Crippen LogP contribution in [0.4, 0.5) is 0 Å². The largest absolute Gasteiger partial charge is 0.355 e. The Morgan fingerprint density at radius 3 is 2.68 bits per heavy atom. The van der Waals surface area contributed by atoms with Crippen LogP contribution >= 0.6 is 11.6 Å². The van der Waals surface area contributed by atoms with Gasteiger partial charge in [-0.25, -0.2) is 0 Å². The molecule has 19 heavy (non-hydrogen) atoms. The van der Waals surface area contributed by atoms with Crippen molar-refractivity contribution in [2.45, 2.75) is 24.7 Å². The van der Waals surface area contributed by atoms with E-state index >= 15 is 0 Å². The van der Waals surface area contributed by atoms with E-state index in [1.54, 1.807) is 0 Å². The average Bonchev–Trinajstić information content (AvgIpc) is 3.01. The minimum absolute atomic E-state index is 0.154. The Morgan fingerprint density at radius 2 is 2.11 bits per heavy atom. The van der Waals surface area contributed by atoms with Crippen LogP contribution in [0.2, 0.25) is 5.02 Å². The van der Waals surface area contributed by atoms with Crippen LogP contribution in [0.1, 0.15) is 24.8 Å². The van der Waals surface area contributed by atoms with Crippen LogP contribution in [0.5, 0.6) is 0 Å². The number of rotatable bonds is 4. The van der Waals surface area contributed by atoms with Crippen LogP contribution in [0.25, 0.3) is 0 Å². The number of halogens is 1. The van der Waals surface area contributed by atoms with Gasteiger partial charge in [-0.05, 0) is 43.5 Å². The summed E-state index contributed by atoms with van der Waals surface area (Å²) in [4.78, 5) is 12.0. The van der Waals surface area contributed by atoms with Gasteiger partial charge >= 0.3 is 0 Å². The fourth-order valence-corrected chi connectivity index (χ4v) is 2.93. The molecule has 1 aromatic rings. The van der Waals surface area contributed by atoms with Crippen LogP contribution in [-0.4, -0.2) is 25.5 Å². The number of hydrogen-bond donors (Lipinski definition) is 2. The van der Waals surface area contributed by atoms with Crippen molar-refractivity contribution in [3.8, 4) is 0 Å². The SMILES string of the molecule is O=C(NCC1(c2ccc(Cl)cc2)CC1)C1CCNC1. The van der Waals surface area contributed by atoms with Crippen molar-refractivity contribution in [1.29, 1.82) is 0 Å². The monoisotopic (exact) mass is 278 g/mol. The van der Waals surface area contributed by atoms with E-state index in [-0.39, 0.29) is 17.2 Å². The third kappa shape index (κ3) is 2.77. The molecule has 1 aromatic carbocycles. The van der Waals surface area contributed by atoms with Crippen molar-refractivity contribution in [3.63, 3.8) is 0 Å². The molecule has 2 N–H and O–H groups in total. The molecule has 1 heterocycles. The van der Waals surface area contributed by atoms with Crippen molar-refractivity contribution in [2.75, 3.05) is 19.6 Å². The number of carbonyl (C=O) groups is 1. The first kappa shape index (κ1) is 12.9. The lowest BCUT2D eigenvalue weighted by molar-refractivity contribution is -0.124. The summed E-state index contributed by atoms with van der Waals surface area (Å²) in [6.45, 7) is 2.53. The molecule has 1 aliphatic carbocycles. The zero-order valence-corrected chi connectivity index (χ0v) is 11.7. The highest BCUT2D eigenvalue weighted by Gasteiger charge is 2.44. The summed E-state index contributed by atoms with van der Waals surface area (Å²) in [6, 6.07) is 8.02. The quantitative estimate of drug-likeness (QED) is 0.886. The van der Waals surface area contributed by atoms with Gasteiger partial charge in [-0.2, -0.15) is 0 Å². The van der Waals surface area contributed by atoms with E-state index in [1.807, 2.05) is 12.1 Å². The number of benzene rings is 1. The Morgan fingerprint density at radius 1 is 1.37 bits per heavy atom. The standard InChI is InChI=1S/C15H19ClN2O/c16-13-3-1-12(2-4-13)15(6-7-15)10-18-14(19)11-5-8-17-9-11/h1-4,11,17H,5-10H2,(H,18,19). The molecule has 0 aromatic heterocycles. The highest BCUT2D eigenvalue weighted by Crippen LogP contribution is 2.47. The lowest BCUT2D eigenvalue weighted by atomic mass is 9.95. The second-order valence-corrected chi connectivity index (χ2v) is 6.13. The van der Waals surface area contributed by atoms with Gasteiger partial charge < -0.3 is 10.6 Å². The fourth-order valence-electron chi connectivity index (χ4n) is 2.80. The van der Waals surface area contributed by atoms with Gasteiger partial charge in [0.2, 0.25) is 5.91 Å². The summed E-state index contributed by atoms with van der Waals surface area (Å²) < 4.78 is 0. The molecule has 1 saturated carbocycles. The topological polar surface area (TPSA) is 41.1 Å². The molecule has 0 spiro atoms. The first-order valence-electron chi connectivity index (χ1n) is 6.94. The molecule has 3 nitrogen and oxygen atoms in total. The van der Waals surface area contributed by atoms with Gasteiger partial charge in [0.05, 0.1) is 5.92 Å². The molecule has 1 amide bonds. The van der Waals surface area contributed by atoms with Gasteiger partial charge in [0.15, 0.2) is 0 Å². The molecule has 1 saturated heterocycles. The molecule has 0 bridgehead atoms. The van der Waals surface area contributed by atoms with Gasteiger partial charge in [0, 0.05) is 23.5 Å². The predicted octanol–water partition coefficient (Wildman–Crippen LogP) is 2.10. The molecule has 2 aliphatic rings. The molecular formula is C15H19ClN2O. The maximum absolute atomic E-state index is 12.0. The highest BCUT2D eigenvalue weighted by atomic mass is 35.5. The van der Waals surface area contributed by atoms with Crippen molar-refractivity contribution >= 4 is 17.5 Å². The molecule has 0 radical (unpaired) electrons. The maximum Gasteiger partial charge on any atom is 0.224 e. The van der Waals surface area contributed by atoms with E-state index in [0.29, 0.717) is 0 Å². The van der Waals surface area contributed by atoms with E-state index in [4.69, 9.17) is 11.6 Å². The zero-order chi connectivity index (χ0) is 13.3. The maximum atomic E-state index is 12.0. The van der Waals surface area contributed by atoms with Crippen LogP contribution in [0, 0.1) is 5.92 Å². The molecule has 102 valence electrons. The van der Waals surface area contributed by atoms with E-state index in [0.717, 1.165) is 43.9 Å². The van der Waals surface area contributed by atoms with E-state index in [2.05, 4.69) is 22.8 Å². The van der Waals surface area contributed by atoms with Gasteiger partial charge in [-0.1, -0.05) is 23.7 Å². The summed E-state index contributed by atoms with van der Waals surface area (Å²) in [5.74, 6) is 0.353. The Labute approximate surface area is 118 Å². The first-order valence-corrected chi connectivity index (χ1v) is 7.32. The lowest BCUT2D eigenvalue weighted by Crippen LogP contribution is -2.37. The average molecular weight is 279 g/mol. The number of carbonyl (C=O) groups excluding carboxylic acids is 1.